The fraction of sp³-hybridized carbons (Fsp3) is 0.208. The number of rotatable bonds is 6. The smallest absolute Gasteiger partial charge is 0.190 e. The molecular formula is C24H20Br2O3. The first-order valence-corrected chi connectivity index (χ1v) is 11.0. The normalized spacial score (nSPS) is 14.9. The van der Waals surface area contributed by atoms with Crippen LogP contribution >= 0.6 is 31.9 Å². The van der Waals surface area contributed by atoms with Gasteiger partial charge in [-0.15, -0.1) is 0 Å². The Labute approximate surface area is 187 Å². The molecule has 1 aliphatic carbocycles. The third kappa shape index (κ3) is 4.73. The van der Waals surface area contributed by atoms with E-state index in [0.29, 0.717) is 36.7 Å². The maximum absolute atomic E-state index is 12.9. The van der Waals surface area contributed by atoms with Crippen LogP contribution in [0.5, 0.6) is 11.5 Å². The lowest BCUT2D eigenvalue weighted by atomic mass is 9.90. The molecule has 0 amide bonds. The van der Waals surface area contributed by atoms with E-state index in [0.717, 1.165) is 23.1 Å². The van der Waals surface area contributed by atoms with Gasteiger partial charge >= 0.3 is 0 Å². The highest BCUT2D eigenvalue weighted by Gasteiger charge is 2.38. The van der Waals surface area contributed by atoms with Crippen molar-refractivity contribution < 1.29 is 14.3 Å². The van der Waals surface area contributed by atoms with Gasteiger partial charge in [0.1, 0.15) is 16.4 Å². The summed E-state index contributed by atoms with van der Waals surface area (Å²) >= 11 is 7.01. The minimum atomic E-state index is -0.712. The summed E-state index contributed by atoms with van der Waals surface area (Å²) in [5.41, 5.74) is 3.79. The zero-order valence-corrected chi connectivity index (χ0v) is 18.9. The third-order valence-corrected chi connectivity index (χ3v) is 6.44. The van der Waals surface area contributed by atoms with Crippen LogP contribution in [0.25, 0.3) is 0 Å². The van der Waals surface area contributed by atoms with Gasteiger partial charge in [-0.05, 0) is 41.7 Å². The summed E-state index contributed by atoms with van der Waals surface area (Å²) in [5.74, 6) is 1.25. The average Bonchev–Trinajstić information content (AvgIpc) is 2.75. The summed E-state index contributed by atoms with van der Waals surface area (Å²) in [6, 6.07) is 23.7. The second-order valence-corrected chi connectivity index (χ2v) is 10.8. The Hall–Kier alpha value is -2.11. The molecule has 148 valence electrons. The molecule has 0 fully saturated rings. The van der Waals surface area contributed by atoms with Crippen LogP contribution in [0.1, 0.15) is 33.5 Å². The Morgan fingerprint density at radius 2 is 1.31 bits per heavy atom. The number of ether oxygens (including phenoxy) is 2. The van der Waals surface area contributed by atoms with Crippen LogP contribution in [-0.4, -0.2) is 9.02 Å². The predicted octanol–water partition coefficient (Wildman–Crippen LogP) is 6.46. The van der Waals surface area contributed by atoms with Gasteiger partial charge in [0.15, 0.2) is 17.3 Å². The highest BCUT2D eigenvalue weighted by atomic mass is 79.9. The maximum atomic E-state index is 12.9. The van der Waals surface area contributed by atoms with E-state index in [4.69, 9.17) is 9.47 Å². The van der Waals surface area contributed by atoms with Gasteiger partial charge in [-0.1, -0.05) is 92.5 Å². The van der Waals surface area contributed by atoms with Gasteiger partial charge in [-0.2, -0.15) is 0 Å². The molecule has 4 rings (SSSR count). The standard InChI is InChI=1S/C24H20Br2O3/c25-24(26)12-11-19-13-21(28-15-17-7-3-1-4-8-17)22(14-20(19)23(24)27)29-16-18-9-5-2-6-10-18/h1-10,13-14H,11-12,15-16H2. The Balaban J connectivity index is 1.63. The largest absolute Gasteiger partial charge is 0.485 e. The molecular weight excluding hydrogens is 496 g/mol. The molecule has 0 saturated carbocycles. The molecule has 3 aromatic rings. The van der Waals surface area contributed by atoms with Crippen molar-refractivity contribution in [3.63, 3.8) is 0 Å². The summed E-state index contributed by atoms with van der Waals surface area (Å²) in [7, 11) is 0. The molecule has 0 aromatic heterocycles. The predicted molar refractivity (Wildman–Crippen MR) is 121 cm³/mol. The van der Waals surface area contributed by atoms with E-state index in [2.05, 4.69) is 31.9 Å². The molecule has 0 heterocycles. The summed E-state index contributed by atoms with van der Waals surface area (Å²) in [6.45, 7) is 0.847. The zero-order chi connectivity index (χ0) is 20.3. The molecule has 0 saturated heterocycles. The monoisotopic (exact) mass is 514 g/mol. The number of Topliss-reactive ketones (excluding diaryl/α,β-unsaturated/α-hetero) is 1. The van der Waals surface area contributed by atoms with E-state index in [9.17, 15) is 4.79 Å². The summed E-state index contributed by atoms with van der Waals surface area (Å²) in [6.07, 6.45) is 1.46. The van der Waals surface area contributed by atoms with Crippen molar-refractivity contribution in [2.45, 2.75) is 29.3 Å². The van der Waals surface area contributed by atoms with E-state index in [-0.39, 0.29) is 5.78 Å². The number of hydrogen-bond donors (Lipinski definition) is 0. The van der Waals surface area contributed by atoms with Crippen molar-refractivity contribution in [3.05, 3.63) is 95.1 Å². The molecule has 0 unspecified atom stereocenters. The molecule has 0 radical (unpaired) electrons. The maximum Gasteiger partial charge on any atom is 0.190 e. The highest BCUT2D eigenvalue weighted by Crippen LogP contribution is 2.43. The summed E-state index contributed by atoms with van der Waals surface area (Å²) < 4.78 is 11.5. The van der Waals surface area contributed by atoms with Crippen molar-refractivity contribution >= 4 is 37.6 Å². The van der Waals surface area contributed by atoms with Crippen LogP contribution in [-0.2, 0) is 19.6 Å². The topological polar surface area (TPSA) is 35.5 Å². The Morgan fingerprint density at radius 1 is 0.793 bits per heavy atom. The number of hydrogen-bond acceptors (Lipinski definition) is 3. The molecule has 0 aliphatic heterocycles. The SMILES string of the molecule is O=C1c2cc(OCc3ccccc3)c(OCc3ccccc3)cc2CCC1(Br)Br. The second-order valence-electron chi connectivity index (χ2n) is 7.04. The molecule has 3 nitrogen and oxygen atoms in total. The highest BCUT2D eigenvalue weighted by molar-refractivity contribution is 9.26. The number of aryl methyl sites for hydroxylation is 1. The first-order chi connectivity index (χ1) is 14.0. The fourth-order valence-corrected chi connectivity index (χ4v) is 4.14. The number of carbonyl (C=O) groups is 1. The molecule has 0 bridgehead atoms. The van der Waals surface area contributed by atoms with Crippen molar-refractivity contribution in [2.24, 2.45) is 0 Å². The summed E-state index contributed by atoms with van der Waals surface area (Å²) in [4.78, 5) is 12.9. The molecule has 29 heavy (non-hydrogen) atoms. The van der Waals surface area contributed by atoms with E-state index >= 15 is 0 Å². The van der Waals surface area contributed by atoms with Crippen molar-refractivity contribution in [1.82, 2.24) is 0 Å². The van der Waals surface area contributed by atoms with Crippen LogP contribution < -0.4 is 9.47 Å². The average molecular weight is 516 g/mol. The number of alkyl halides is 2. The lowest BCUT2D eigenvalue weighted by Crippen LogP contribution is -2.31. The number of fused-ring (bicyclic) bond motifs is 1. The van der Waals surface area contributed by atoms with Gasteiger partial charge in [0.2, 0.25) is 0 Å². The molecule has 0 spiro atoms. The Kier molecular flexibility index (Phi) is 6.07. The molecule has 5 heteroatoms. The van der Waals surface area contributed by atoms with Crippen molar-refractivity contribution in [3.8, 4) is 11.5 Å². The summed E-state index contributed by atoms with van der Waals surface area (Å²) in [5, 5.41) is 0. The van der Waals surface area contributed by atoms with Crippen LogP contribution in [0.4, 0.5) is 0 Å². The first kappa shape index (κ1) is 20.2. The third-order valence-electron chi connectivity index (χ3n) is 4.93. The van der Waals surface area contributed by atoms with Crippen molar-refractivity contribution in [1.29, 1.82) is 0 Å². The van der Waals surface area contributed by atoms with E-state index in [1.165, 1.54) is 0 Å². The Bertz CT molecular complexity index is 1000. The van der Waals surface area contributed by atoms with Crippen molar-refractivity contribution in [2.75, 3.05) is 0 Å². The number of ketones is 1. The van der Waals surface area contributed by atoms with Crippen LogP contribution in [0.15, 0.2) is 72.8 Å². The van der Waals surface area contributed by atoms with Gasteiger partial charge in [-0.25, -0.2) is 0 Å². The van der Waals surface area contributed by atoms with Gasteiger partial charge in [-0.3, -0.25) is 4.79 Å². The number of benzene rings is 3. The van der Waals surface area contributed by atoms with Gasteiger partial charge in [0.05, 0.1) is 0 Å². The molecule has 0 N–H and O–H groups in total. The molecule has 1 aliphatic rings. The van der Waals surface area contributed by atoms with E-state index < -0.39 is 3.23 Å². The number of carbonyl (C=O) groups excluding carboxylic acids is 1. The minimum absolute atomic E-state index is 0.0120. The van der Waals surface area contributed by atoms with Gasteiger partial charge in [0.25, 0.3) is 0 Å². The molecule has 3 aromatic carbocycles. The second kappa shape index (κ2) is 8.72. The Morgan fingerprint density at radius 3 is 1.86 bits per heavy atom. The van der Waals surface area contributed by atoms with Crippen LogP contribution in [0, 0.1) is 0 Å². The first-order valence-electron chi connectivity index (χ1n) is 9.46. The fourth-order valence-electron chi connectivity index (χ4n) is 3.32. The number of halogens is 2. The van der Waals surface area contributed by atoms with E-state index in [1.54, 1.807) is 0 Å². The van der Waals surface area contributed by atoms with Gasteiger partial charge in [0, 0.05) is 5.56 Å². The van der Waals surface area contributed by atoms with Crippen LogP contribution in [0.3, 0.4) is 0 Å². The van der Waals surface area contributed by atoms with Crippen LogP contribution in [0.2, 0.25) is 0 Å². The zero-order valence-electron chi connectivity index (χ0n) is 15.7. The quantitative estimate of drug-likeness (QED) is 0.353. The molecule has 0 atom stereocenters. The minimum Gasteiger partial charge on any atom is -0.485 e. The lowest BCUT2D eigenvalue weighted by Gasteiger charge is -2.27. The lowest BCUT2D eigenvalue weighted by molar-refractivity contribution is 0.0971. The van der Waals surface area contributed by atoms with E-state index in [1.807, 2.05) is 72.8 Å². The van der Waals surface area contributed by atoms with Gasteiger partial charge < -0.3 is 9.47 Å².